The van der Waals surface area contributed by atoms with E-state index in [1.165, 1.54) is 13.8 Å². The van der Waals surface area contributed by atoms with Crippen LogP contribution in [0.25, 0.3) is 11.4 Å². The van der Waals surface area contributed by atoms with Crippen LogP contribution in [-0.2, 0) is 4.79 Å². The first-order valence-corrected chi connectivity index (χ1v) is 11.4. The molecule has 3 rings (SSSR count). The summed E-state index contributed by atoms with van der Waals surface area (Å²) in [5, 5.41) is 12.0. The van der Waals surface area contributed by atoms with Gasteiger partial charge in [0.25, 0.3) is 5.91 Å². The summed E-state index contributed by atoms with van der Waals surface area (Å²) in [6, 6.07) is 11.4. The monoisotopic (exact) mass is 477 g/mol. The maximum atomic E-state index is 12.6. The number of aromatic amines is 1. The van der Waals surface area contributed by atoms with Gasteiger partial charge in [-0.3, -0.25) is 14.4 Å². The van der Waals surface area contributed by atoms with E-state index in [0.29, 0.717) is 66.2 Å². The summed E-state index contributed by atoms with van der Waals surface area (Å²) in [6.07, 6.45) is 0. The minimum absolute atomic E-state index is 0.0727. The Kier molecular flexibility index (Phi) is 8.55. The molecule has 0 spiro atoms. The van der Waals surface area contributed by atoms with Crippen molar-refractivity contribution in [3.8, 4) is 11.4 Å². The minimum Gasteiger partial charge on any atom is -0.368 e. The average molecular weight is 478 g/mol. The molecule has 0 aliphatic carbocycles. The third kappa shape index (κ3) is 6.89. The highest BCUT2D eigenvalue weighted by atomic mass is 16.2. The second-order valence-electron chi connectivity index (χ2n) is 8.10. The van der Waals surface area contributed by atoms with Gasteiger partial charge in [-0.15, -0.1) is 0 Å². The summed E-state index contributed by atoms with van der Waals surface area (Å²) in [5.41, 5.74) is 3.16. The third-order valence-electron chi connectivity index (χ3n) is 5.30. The highest BCUT2D eigenvalue weighted by molar-refractivity contribution is 6.02. The molecule has 0 aliphatic rings. The van der Waals surface area contributed by atoms with Crippen LogP contribution < -0.4 is 21.3 Å². The lowest BCUT2D eigenvalue weighted by Crippen LogP contribution is -2.29. The lowest BCUT2D eigenvalue weighted by Gasteiger charge is -2.12. The second kappa shape index (κ2) is 11.8. The topological polar surface area (TPSA) is 141 Å². The van der Waals surface area contributed by atoms with Crippen molar-refractivity contribution in [1.82, 2.24) is 25.6 Å². The van der Waals surface area contributed by atoms with Crippen LogP contribution in [0.3, 0.4) is 0 Å². The van der Waals surface area contributed by atoms with Crippen molar-refractivity contribution >= 4 is 29.2 Å². The molecule has 0 aliphatic heterocycles. The SMILES string of the molecule is CC(=O)NCCNc1cc(NCCNC(=O)c2[nH]c(C)c(C(C)=O)c2C)nc(-c2ccccc2)n1. The van der Waals surface area contributed by atoms with Crippen molar-refractivity contribution in [2.45, 2.75) is 27.7 Å². The fraction of sp³-hybridized carbons (Fsp3) is 0.320. The van der Waals surface area contributed by atoms with Crippen LogP contribution in [0, 0.1) is 13.8 Å². The van der Waals surface area contributed by atoms with Crippen LogP contribution in [0.4, 0.5) is 11.6 Å². The van der Waals surface area contributed by atoms with Gasteiger partial charge in [-0.1, -0.05) is 30.3 Å². The van der Waals surface area contributed by atoms with E-state index in [0.717, 1.165) is 5.56 Å². The summed E-state index contributed by atoms with van der Waals surface area (Å²) < 4.78 is 0. The molecular formula is C25H31N7O3. The van der Waals surface area contributed by atoms with Crippen LogP contribution >= 0.6 is 0 Å². The Morgan fingerprint density at radius 3 is 2.00 bits per heavy atom. The van der Waals surface area contributed by atoms with Crippen LogP contribution in [0.5, 0.6) is 0 Å². The molecular weight excluding hydrogens is 446 g/mol. The molecule has 0 atom stereocenters. The smallest absolute Gasteiger partial charge is 0.268 e. The largest absolute Gasteiger partial charge is 0.368 e. The van der Waals surface area contributed by atoms with Crippen molar-refractivity contribution in [2.24, 2.45) is 0 Å². The Labute approximate surface area is 204 Å². The number of hydrogen-bond donors (Lipinski definition) is 5. The van der Waals surface area contributed by atoms with Crippen molar-refractivity contribution in [2.75, 3.05) is 36.8 Å². The van der Waals surface area contributed by atoms with E-state index in [4.69, 9.17) is 0 Å². The summed E-state index contributed by atoms with van der Waals surface area (Å²) in [6.45, 7) is 8.27. The van der Waals surface area contributed by atoms with E-state index in [2.05, 4.69) is 36.2 Å². The van der Waals surface area contributed by atoms with E-state index >= 15 is 0 Å². The maximum Gasteiger partial charge on any atom is 0.268 e. The zero-order valence-corrected chi connectivity index (χ0v) is 20.4. The van der Waals surface area contributed by atoms with Crippen LogP contribution in [0.1, 0.15) is 46.0 Å². The Morgan fingerprint density at radius 2 is 1.46 bits per heavy atom. The molecule has 3 aromatic rings. The van der Waals surface area contributed by atoms with Gasteiger partial charge >= 0.3 is 0 Å². The number of carbonyl (C=O) groups is 3. The average Bonchev–Trinajstić information content (AvgIpc) is 3.13. The van der Waals surface area contributed by atoms with Gasteiger partial charge < -0.3 is 26.3 Å². The fourth-order valence-corrected chi connectivity index (χ4v) is 3.73. The zero-order valence-electron chi connectivity index (χ0n) is 20.4. The van der Waals surface area contributed by atoms with Crippen LogP contribution in [0.2, 0.25) is 0 Å². The zero-order chi connectivity index (χ0) is 25.4. The Balaban J connectivity index is 1.64. The molecule has 0 bridgehead atoms. The van der Waals surface area contributed by atoms with E-state index in [-0.39, 0.29) is 17.6 Å². The number of ketones is 1. The molecule has 2 aromatic heterocycles. The Morgan fingerprint density at radius 1 is 0.857 bits per heavy atom. The first kappa shape index (κ1) is 25.4. The normalized spacial score (nSPS) is 10.5. The van der Waals surface area contributed by atoms with Crippen LogP contribution in [0.15, 0.2) is 36.4 Å². The second-order valence-corrected chi connectivity index (χ2v) is 8.10. The first-order valence-electron chi connectivity index (χ1n) is 11.4. The summed E-state index contributed by atoms with van der Waals surface area (Å²) in [7, 11) is 0. The standard InChI is InChI=1S/C25H31N7O3/c1-15-22(17(3)33)16(2)30-23(15)25(35)29-13-12-28-21-14-20(27-11-10-26-18(4)34)31-24(32-21)19-8-6-5-7-9-19/h5-9,14,30H,10-13H2,1-4H3,(H,26,34)(H,29,35)(H2,27,28,31,32). The van der Waals surface area contributed by atoms with E-state index in [1.54, 1.807) is 19.9 Å². The molecule has 0 saturated heterocycles. The van der Waals surface area contributed by atoms with E-state index in [1.807, 2.05) is 30.3 Å². The molecule has 10 nitrogen and oxygen atoms in total. The van der Waals surface area contributed by atoms with Gasteiger partial charge in [0.15, 0.2) is 11.6 Å². The predicted molar refractivity (Wildman–Crippen MR) is 136 cm³/mol. The lowest BCUT2D eigenvalue weighted by atomic mass is 10.1. The molecule has 0 unspecified atom stereocenters. The number of H-pyrrole nitrogens is 1. The summed E-state index contributed by atoms with van der Waals surface area (Å²) in [4.78, 5) is 47.7. The Bertz CT molecular complexity index is 1210. The molecule has 184 valence electrons. The van der Waals surface area contributed by atoms with E-state index < -0.39 is 0 Å². The molecule has 0 saturated carbocycles. The van der Waals surface area contributed by atoms with Gasteiger partial charge in [0.05, 0.1) is 0 Å². The van der Waals surface area contributed by atoms with Crippen LogP contribution in [-0.4, -0.2) is 58.7 Å². The number of aromatic nitrogens is 3. The van der Waals surface area contributed by atoms with Crippen molar-refractivity contribution < 1.29 is 14.4 Å². The Hall–Kier alpha value is -4.21. The van der Waals surface area contributed by atoms with Gasteiger partial charge in [-0.2, -0.15) is 0 Å². The summed E-state index contributed by atoms with van der Waals surface area (Å²) in [5.74, 6) is 1.33. The van der Waals surface area contributed by atoms with Gasteiger partial charge in [0, 0.05) is 56.0 Å². The lowest BCUT2D eigenvalue weighted by molar-refractivity contribution is -0.118. The highest BCUT2D eigenvalue weighted by Gasteiger charge is 2.19. The molecule has 2 amide bonds. The van der Waals surface area contributed by atoms with Crippen molar-refractivity contribution in [1.29, 1.82) is 0 Å². The number of amides is 2. The quantitative estimate of drug-likeness (QED) is 0.211. The van der Waals surface area contributed by atoms with Gasteiger partial charge in [-0.05, 0) is 26.3 Å². The fourth-order valence-electron chi connectivity index (χ4n) is 3.73. The molecule has 35 heavy (non-hydrogen) atoms. The highest BCUT2D eigenvalue weighted by Crippen LogP contribution is 2.20. The van der Waals surface area contributed by atoms with Crippen molar-refractivity contribution in [3.63, 3.8) is 0 Å². The van der Waals surface area contributed by atoms with E-state index in [9.17, 15) is 14.4 Å². The number of rotatable bonds is 11. The number of hydrogen-bond acceptors (Lipinski definition) is 7. The van der Waals surface area contributed by atoms with Crippen molar-refractivity contribution in [3.05, 3.63) is 58.9 Å². The number of Topliss-reactive ketones (excluding diaryl/α,β-unsaturated/α-hetero) is 1. The van der Waals surface area contributed by atoms with Gasteiger partial charge in [-0.25, -0.2) is 9.97 Å². The molecule has 1 aromatic carbocycles. The predicted octanol–water partition coefficient (Wildman–Crippen LogP) is 2.68. The van der Waals surface area contributed by atoms with Gasteiger partial charge in [0.2, 0.25) is 5.91 Å². The number of nitrogens with zero attached hydrogens (tertiary/aromatic N) is 2. The minimum atomic E-state index is -0.270. The first-order chi connectivity index (χ1) is 16.8. The number of nitrogens with one attached hydrogen (secondary N) is 5. The maximum absolute atomic E-state index is 12.6. The van der Waals surface area contributed by atoms with Gasteiger partial charge in [0.1, 0.15) is 17.3 Å². The number of carbonyl (C=O) groups excluding carboxylic acids is 3. The molecule has 0 radical (unpaired) electrons. The summed E-state index contributed by atoms with van der Waals surface area (Å²) >= 11 is 0. The third-order valence-corrected chi connectivity index (χ3v) is 5.30. The molecule has 10 heteroatoms. The molecule has 2 heterocycles. The molecule has 5 N–H and O–H groups in total. The number of anilines is 2. The molecule has 0 fully saturated rings. The number of benzene rings is 1. The number of aryl methyl sites for hydroxylation is 1.